The zero-order valence-corrected chi connectivity index (χ0v) is 19.9. The maximum absolute atomic E-state index is 10.9. The van der Waals surface area contributed by atoms with Crippen molar-refractivity contribution in [3.05, 3.63) is 28.2 Å². The first-order valence-electron chi connectivity index (χ1n) is 12.1. The maximum atomic E-state index is 10.9. The van der Waals surface area contributed by atoms with E-state index in [-0.39, 0.29) is 11.7 Å². The summed E-state index contributed by atoms with van der Waals surface area (Å²) in [5, 5.41) is 13.2. The highest BCUT2D eigenvalue weighted by Crippen LogP contribution is 2.40. The fourth-order valence-corrected chi connectivity index (χ4v) is 4.66. The molecule has 1 aliphatic heterocycles. The second-order valence-corrected chi connectivity index (χ2v) is 10.3. The van der Waals surface area contributed by atoms with Gasteiger partial charge in [0.1, 0.15) is 17.0 Å². The number of nitroso groups, excluding NO2 is 1. The minimum Gasteiger partial charge on any atom is -0.487 e. The second kappa shape index (κ2) is 11.8. The third-order valence-corrected chi connectivity index (χ3v) is 6.67. The predicted octanol–water partition coefficient (Wildman–Crippen LogP) is 7.64. The van der Waals surface area contributed by atoms with E-state index in [0.29, 0.717) is 11.6 Å². The van der Waals surface area contributed by atoms with Crippen molar-refractivity contribution in [3.8, 4) is 5.75 Å². The maximum Gasteiger partial charge on any atom is 0.126 e. The van der Waals surface area contributed by atoms with E-state index < -0.39 is 0 Å². The molecule has 1 unspecified atom stereocenters. The molecule has 1 aromatic rings. The summed E-state index contributed by atoms with van der Waals surface area (Å²) in [6, 6.07) is 3.69. The van der Waals surface area contributed by atoms with Crippen LogP contribution in [0.4, 0.5) is 5.69 Å². The number of hydrogen-bond donors (Lipinski definition) is 1. The van der Waals surface area contributed by atoms with Crippen molar-refractivity contribution in [1.29, 1.82) is 0 Å². The van der Waals surface area contributed by atoms with E-state index in [9.17, 15) is 10.0 Å². The van der Waals surface area contributed by atoms with Crippen LogP contribution in [0.25, 0.3) is 0 Å². The molecule has 170 valence electrons. The lowest BCUT2D eigenvalue weighted by atomic mass is 9.86. The van der Waals surface area contributed by atoms with Gasteiger partial charge in [-0.25, -0.2) is 0 Å². The number of aliphatic hydroxyl groups excluding tert-OH is 1. The summed E-state index contributed by atoms with van der Waals surface area (Å²) in [7, 11) is 0. The molecule has 2 rings (SSSR count). The normalized spacial score (nSPS) is 20.5. The Bertz CT molecular complexity index is 672. The van der Waals surface area contributed by atoms with Crippen LogP contribution < -0.4 is 4.74 Å². The van der Waals surface area contributed by atoms with Crippen LogP contribution in [0.3, 0.4) is 0 Å². The first kappa shape index (κ1) is 24.8. The van der Waals surface area contributed by atoms with Gasteiger partial charge in [-0.3, -0.25) is 0 Å². The lowest BCUT2D eigenvalue weighted by molar-refractivity contribution is 0.0516. The van der Waals surface area contributed by atoms with Crippen molar-refractivity contribution < 1.29 is 9.84 Å². The molecule has 4 heteroatoms. The predicted molar refractivity (Wildman–Crippen MR) is 126 cm³/mol. The molecule has 0 bridgehead atoms. The van der Waals surface area contributed by atoms with Crippen molar-refractivity contribution in [2.45, 2.75) is 117 Å². The average molecular weight is 418 g/mol. The SMILES string of the molecule is Cc1cc(N=O)cc2c1OC(C)(CCC[C@H](C)CCC[C@H](O)CCCC(C)C)CC2. The summed E-state index contributed by atoms with van der Waals surface area (Å²) in [5.41, 5.74) is 2.49. The quantitative estimate of drug-likeness (QED) is 0.335. The largest absolute Gasteiger partial charge is 0.487 e. The van der Waals surface area contributed by atoms with Gasteiger partial charge >= 0.3 is 0 Å². The second-order valence-electron chi connectivity index (χ2n) is 10.3. The zero-order chi connectivity index (χ0) is 22.1. The molecule has 4 nitrogen and oxygen atoms in total. The zero-order valence-electron chi connectivity index (χ0n) is 19.9. The van der Waals surface area contributed by atoms with Crippen LogP contribution in [0, 0.1) is 23.7 Å². The molecule has 0 aromatic heterocycles. The van der Waals surface area contributed by atoms with Gasteiger partial charge in [0, 0.05) is 0 Å². The van der Waals surface area contributed by atoms with Crippen LogP contribution in [-0.4, -0.2) is 16.8 Å². The van der Waals surface area contributed by atoms with E-state index in [4.69, 9.17) is 4.74 Å². The van der Waals surface area contributed by atoms with Crippen molar-refractivity contribution in [2.24, 2.45) is 17.0 Å². The van der Waals surface area contributed by atoms with E-state index in [0.717, 1.165) is 74.2 Å². The highest BCUT2D eigenvalue weighted by atomic mass is 16.5. The molecule has 0 saturated heterocycles. The highest BCUT2D eigenvalue weighted by Gasteiger charge is 2.32. The molecule has 30 heavy (non-hydrogen) atoms. The number of hydrogen-bond acceptors (Lipinski definition) is 4. The van der Waals surface area contributed by atoms with Crippen molar-refractivity contribution in [3.63, 3.8) is 0 Å². The van der Waals surface area contributed by atoms with Gasteiger partial charge in [0.2, 0.25) is 0 Å². The fourth-order valence-electron chi connectivity index (χ4n) is 4.66. The van der Waals surface area contributed by atoms with Crippen molar-refractivity contribution in [2.75, 3.05) is 0 Å². The summed E-state index contributed by atoms with van der Waals surface area (Å²) in [5.74, 6) is 2.38. The minimum absolute atomic E-state index is 0.122. The molecule has 1 aromatic carbocycles. The third-order valence-electron chi connectivity index (χ3n) is 6.67. The molecule has 0 fully saturated rings. The highest BCUT2D eigenvalue weighted by molar-refractivity contribution is 5.53. The average Bonchev–Trinajstić information content (AvgIpc) is 2.68. The third kappa shape index (κ3) is 8.02. The number of aliphatic hydroxyl groups is 1. The molecule has 3 atom stereocenters. The number of rotatable bonds is 13. The van der Waals surface area contributed by atoms with E-state index in [1.807, 2.05) is 19.1 Å². The Labute approximate surface area is 183 Å². The monoisotopic (exact) mass is 417 g/mol. The van der Waals surface area contributed by atoms with Gasteiger partial charge in [-0.05, 0) is 92.6 Å². The standard InChI is InChI=1S/C26H43NO3/c1-19(2)9-6-12-24(28)13-7-10-20(3)11-8-15-26(5)16-14-22-18-23(27-29)17-21(4)25(22)30-26/h17-20,24,28H,6-16H2,1-5H3/t20-,24-,26?/m1/s1. The first-order valence-corrected chi connectivity index (χ1v) is 12.1. The molecule has 1 N–H and O–H groups in total. The number of fused-ring (bicyclic) bond motifs is 1. The van der Waals surface area contributed by atoms with Crippen molar-refractivity contribution >= 4 is 5.69 Å². The smallest absolute Gasteiger partial charge is 0.126 e. The topological polar surface area (TPSA) is 58.9 Å². The molecule has 0 amide bonds. The molecule has 1 heterocycles. The van der Waals surface area contributed by atoms with E-state index in [1.165, 1.54) is 19.3 Å². The lowest BCUT2D eigenvalue weighted by Gasteiger charge is -2.37. The first-order chi connectivity index (χ1) is 14.2. The van der Waals surface area contributed by atoms with Crippen LogP contribution in [0.5, 0.6) is 5.75 Å². The summed E-state index contributed by atoms with van der Waals surface area (Å²) in [6.45, 7) is 11.0. The number of benzene rings is 1. The molecule has 0 spiro atoms. The van der Waals surface area contributed by atoms with Gasteiger partial charge in [-0.1, -0.05) is 52.9 Å². The van der Waals surface area contributed by atoms with Gasteiger partial charge in [-0.2, -0.15) is 0 Å². The van der Waals surface area contributed by atoms with E-state index in [1.54, 1.807) is 0 Å². The Morgan fingerprint density at radius 3 is 2.40 bits per heavy atom. The summed E-state index contributed by atoms with van der Waals surface area (Å²) < 4.78 is 6.42. The molecule has 0 radical (unpaired) electrons. The van der Waals surface area contributed by atoms with Gasteiger partial charge in [0.15, 0.2) is 0 Å². The molecular formula is C26H43NO3. The molecular weight excluding hydrogens is 374 g/mol. The summed E-state index contributed by atoms with van der Waals surface area (Å²) in [4.78, 5) is 10.9. The van der Waals surface area contributed by atoms with Crippen LogP contribution in [0.15, 0.2) is 17.3 Å². The van der Waals surface area contributed by atoms with Crippen molar-refractivity contribution in [1.82, 2.24) is 0 Å². The van der Waals surface area contributed by atoms with E-state index >= 15 is 0 Å². The number of ether oxygens (including phenoxy) is 1. The fraction of sp³-hybridized carbons (Fsp3) is 0.769. The summed E-state index contributed by atoms with van der Waals surface area (Å²) in [6.07, 6.45) is 11.8. The minimum atomic E-state index is -0.125. The van der Waals surface area contributed by atoms with Gasteiger partial charge in [-0.15, -0.1) is 4.91 Å². The van der Waals surface area contributed by atoms with Gasteiger partial charge in [0.25, 0.3) is 0 Å². The van der Waals surface area contributed by atoms with Crippen LogP contribution in [0.1, 0.15) is 103 Å². The number of aryl methyl sites for hydroxylation is 2. The Kier molecular flexibility index (Phi) is 9.80. The summed E-state index contributed by atoms with van der Waals surface area (Å²) >= 11 is 0. The van der Waals surface area contributed by atoms with Gasteiger partial charge < -0.3 is 9.84 Å². The number of nitrogens with zero attached hydrogens (tertiary/aromatic N) is 1. The molecule has 0 saturated carbocycles. The Morgan fingerprint density at radius 1 is 1.07 bits per heavy atom. The molecule has 0 aliphatic carbocycles. The Hall–Kier alpha value is -1.42. The lowest BCUT2D eigenvalue weighted by Crippen LogP contribution is -2.36. The van der Waals surface area contributed by atoms with Crippen LogP contribution in [-0.2, 0) is 6.42 Å². The molecule has 1 aliphatic rings. The van der Waals surface area contributed by atoms with E-state index in [2.05, 4.69) is 32.9 Å². The van der Waals surface area contributed by atoms with Crippen LogP contribution in [0.2, 0.25) is 0 Å². The Morgan fingerprint density at radius 2 is 1.73 bits per heavy atom. The van der Waals surface area contributed by atoms with Crippen LogP contribution >= 0.6 is 0 Å². The Balaban J connectivity index is 1.68. The van der Waals surface area contributed by atoms with Gasteiger partial charge in [0.05, 0.1) is 6.10 Å².